The molecule has 0 aliphatic carbocycles. The van der Waals surface area contributed by atoms with Crippen molar-refractivity contribution in [2.75, 3.05) is 0 Å². The number of hydrogen-bond donors (Lipinski definition) is 0. The lowest BCUT2D eigenvalue weighted by atomic mass is 10.2. The van der Waals surface area contributed by atoms with Gasteiger partial charge in [-0.05, 0) is 61.0 Å². The van der Waals surface area contributed by atoms with Gasteiger partial charge in [0.1, 0.15) is 11.6 Å². The van der Waals surface area contributed by atoms with E-state index in [1.54, 1.807) is 6.20 Å². The van der Waals surface area contributed by atoms with Crippen LogP contribution < -0.4 is 0 Å². The van der Waals surface area contributed by atoms with Gasteiger partial charge in [-0.1, -0.05) is 23.7 Å². The van der Waals surface area contributed by atoms with E-state index < -0.39 is 0 Å². The van der Waals surface area contributed by atoms with Gasteiger partial charge in [0.2, 0.25) is 0 Å². The van der Waals surface area contributed by atoms with Crippen molar-refractivity contribution >= 4 is 22.6 Å². The third-order valence-electron chi connectivity index (χ3n) is 3.79. The first-order valence-corrected chi connectivity index (χ1v) is 7.76. The molecule has 2 aromatic carbocycles. The Kier molecular flexibility index (Phi) is 3.36. The van der Waals surface area contributed by atoms with Crippen LogP contribution in [0.3, 0.4) is 0 Å². The lowest BCUT2D eigenvalue weighted by Crippen LogP contribution is -1.99. The van der Waals surface area contributed by atoms with Gasteiger partial charge in [-0.3, -0.25) is 4.57 Å². The van der Waals surface area contributed by atoms with E-state index in [4.69, 9.17) is 16.6 Å². The van der Waals surface area contributed by atoms with Gasteiger partial charge in [-0.25, -0.2) is 9.97 Å². The van der Waals surface area contributed by atoms with Crippen molar-refractivity contribution in [2.45, 2.75) is 6.92 Å². The molecular formula is C19H14ClN3. The van der Waals surface area contributed by atoms with E-state index in [-0.39, 0.29) is 0 Å². The van der Waals surface area contributed by atoms with Gasteiger partial charge >= 0.3 is 0 Å². The van der Waals surface area contributed by atoms with Crippen molar-refractivity contribution in [1.29, 1.82) is 0 Å². The number of rotatable bonds is 2. The number of benzene rings is 2. The van der Waals surface area contributed by atoms with E-state index >= 15 is 0 Å². The zero-order valence-corrected chi connectivity index (χ0v) is 13.3. The van der Waals surface area contributed by atoms with E-state index in [1.165, 1.54) is 5.56 Å². The average Bonchev–Trinajstić information content (AvgIpc) is 2.95. The van der Waals surface area contributed by atoms with Crippen LogP contribution in [0.25, 0.3) is 28.2 Å². The van der Waals surface area contributed by atoms with Crippen LogP contribution in [0.5, 0.6) is 0 Å². The molecule has 0 spiro atoms. The summed E-state index contributed by atoms with van der Waals surface area (Å²) in [7, 11) is 0. The minimum absolute atomic E-state index is 0.713. The van der Waals surface area contributed by atoms with Crippen molar-refractivity contribution in [1.82, 2.24) is 14.5 Å². The highest BCUT2D eigenvalue weighted by atomic mass is 35.5. The molecule has 0 fully saturated rings. The monoisotopic (exact) mass is 319 g/mol. The van der Waals surface area contributed by atoms with E-state index in [1.807, 2.05) is 48.5 Å². The zero-order chi connectivity index (χ0) is 15.8. The number of pyridine rings is 1. The van der Waals surface area contributed by atoms with Gasteiger partial charge in [-0.2, -0.15) is 0 Å². The van der Waals surface area contributed by atoms with E-state index in [0.29, 0.717) is 5.02 Å². The van der Waals surface area contributed by atoms with Crippen LogP contribution in [0, 0.1) is 6.92 Å². The molecule has 0 atom stereocenters. The normalized spacial score (nSPS) is 11.0. The molecule has 0 radical (unpaired) electrons. The summed E-state index contributed by atoms with van der Waals surface area (Å²) >= 11 is 6.02. The third-order valence-corrected chi connectivity index (χ3v) is 4.04. The van der Waals surface area contributed by atoms with Gasteiger partial charge in [-0.15, -0.1) is 0 Å². The highest BCUT2D eigenvalue weighted by molar-refractivity contribution is 6.30. The number of halogens is 1. The summed E-state index contributed by atoms with van der Waals surface area (Å²) in [4.78, 5) is 9.31. The van der Waals surface area contributed by atoms with E-state index in [9.17, 15) is 0 Å². The lowest BCUT2D eigenvalue weighted by Gasteiger charge is -2.08. The van der Waals surface area contributed by atoms with Crippen LogP contribution in [0.15, 0.2) is 66.9 Å². The Morgan fingerprint density at radius 3 is 2.52 bits per heavy atom. The predicted molar refractivity (Wildman–Crippen MR) is 94.0 cm³/mol. The van der Waals surface area contributed by atoms with Crippen LogP contribution in [0.2, 0.25) is 5.02 Å². The predicted octanol–water partition coefficient (Wildman–Crippen LogP) is 5.05. The van der Waals surface area contributed by atoms with Crippen molar-refractivity contribution < 1.29 is 0 Å². The number of aryl methyl sites for hydroxylation is 1. The summed E-state index contributed by atoms with van der Waals surface area (Å²) in [5, 5.41) is 0.713. The van der Waals surface area contributed by atoms with Crippen LogP contribution in [-0.2, 0) is 0 Å². The molecule has 2 heterocycles. The lowest BCUT2D eigenvalue weighted by molar-refractivity contribution is 1.03. The molecule has 0 saturated carbocycles. The smallest absolute Gasteiger partial charge is 0.146 e. The van der Waals surface area contributed by atoms with Crippen molar-refractivity contribution in [3.05, 3.63) is 77.4 Å². The molecule has 0 unspecified atom stereocenters. The summed E-state index contributed by atoms with van der Waals surface area (Å²) in [6.45, 7) is 2.08. The maximum Gasteiger partial charge on any atom is 0.146 e. The van der Waals surface area contributed by atoms with Crippen molar-refractivity contribution in [3.63, 3.8) is 0 Å². The third kappa shape index (κ3) is 2.49. The fourth-order valence-electron chi connectivity index (χ4n) is 2.70. The van der Waals surface area contributed by atoms with Crippen LogP contribution in [0.1, 0.15) is 5.56 Å². The maximum absolute atomic E-state index is 6.02. The molecule has 0 aliphatic heterocycles. The van der Waals surface area contributed by atoms with Crippen molar-refractivity contribution in [3.8, 4) is 17.2 Å². The Hall–Kier alpha value is -2.65. The first kappa shape index (κ1) is 14.0. The summed E-state index contributed by atoms with van der Waals surface area (Å²) < 4.78 is 2.09. The van der Waals surface area contributed by atoms with E-state index in [0.717, 1.165) is 28.2 Å². The highest BCUT2D eigenvalue weighted by Crippen LogP contribution is 2.29. The molecule has 4 rings (SSSR count). The number of fused-ring (bicyclic) bond motifs is 1. The van der Waals surface area contributed by atoms with Gasteiger partial charge in [0.05, 0.1) is 11.0 Å². The second-order valence-electron chi connectivity index (χ2n) is 5.46. The number of aromatic nitrogens is 3. The van der Waals surface area contributed by atoms with Gasteiger partial charge in [0, 0.05) is 16.8 Å². The average molecular weight is 320 g/mol. The Labute approximate surface area is 139 Å². The Bertz CT molecular complexity index is 973. The zero-order valence-electron chi connectivity index (χ0n) is 12.6. The summed E-state index contributed by atoms with van der Waals surface area (Å²) in [5.74, 6) is 1.71. The van der Waals surface area contributed by atoms with E-state index in [2.05, 4.69) is 28.6 Å². The molecule has 3 nitrogen and oxygen atoms in total. The first-order chi connectivity index (χ1) is 11.2. The molecular weight excluding hydrogens is 306 g/mol. The number of nitrogens with zero attached hydrogens (tertiary/aromatic N) is 3. The van der Waals surface area contributed by atoms with Crippen molar-refractivity contribution in [2.24, 2.45) is 0 Å². The minimum Gasteiger partial charge on any atom is -0.276 e. The standard InChI is InChI=1S/C19H14ClN3/c1-13-5-10-16-17(12-13)23(18-4-2-3-11-21-18)19(22-16)14-6-8-15(20)9-7-14/h2-12H,1H3. The number of imidazole rings is 1. The Morgan fingerprint density at radius 2 is 1.78 bits per heavy atom. The Morgan fingerprint density at radius 1 is 0.957 bits per heavy atom. The fraction of sp³-hybridized carbons (Fsp3) is 0.0526. The molecule has 0 N–H and O–H groups in total. The molecule has 112 valence electrons. The SMILES string of the molecule is Cc1ccc2nc(-c3ccc(Cl)cc3)n(-c3ccccn3)c2c1. The van der Waals surface area contributed by atoms with Gasteiger partial charge < -0.3 is 0 Å². The highest BCUT2D eigenvalue weighted by Gasteiger charge is 2.15. The molecule has 0 amide bonds. The van der Waals surface area contributed by atoms with Crippen LogP contribution in [-0.4, -0.2) is 14.5 Å². The number of hydrogen-bond acceptors (Lipinski definition) is 2. The molecule has 4 aromatic rings. The van der Waals surface area contributed by atoms with Gasteiger partial charge in [0.15, 0.2) is 0 Å². The van der Waals surface area contributed by atoms with Gasteiger partial charge in [0.25, 0.3) is 0 Å². The molecule has 23 heavy (non-hydrogen) atoms. The topological polar surface area (TPSA) is 30.7 Å². The first-order valence-electron chi connectivity index (χ1n) is 7.39. The molecule has 2 aromatic heterocycles. The second-order valence-corrected chi connectivity index (χ2v) is 5.89. The largest absolute Gasteiger partial charge is 0.276 e. The summed E-state index contributed by atoms with van der Waals surface area (Å²) in [5.41, 5.74) is 4.20. The maximum atomic E-state index is 6.02. The summed E-state index contributed by atoms with van der Waals surface area (Å²) in [6.07, 6.45) is 1.79. The molecule has 0 aliphatic rings. The Balaban J connectivity index is 2.05. The fourth-order valence-corrected chi connectivity index (χ4v) is 2.82. The minimum atomic E-state index is 0.713. The molecule has 0 saturated heterocycles. The molecule has 0 bridgehead atoms. The van der Waals surface area contributed by atoms with Crippen LogP contribution in [0.4, 0.5) is 0 Å². The second kappa shape index (κ2) is 5.52. The molecule has 4 heteroatoms. The van der Waals surface area contributed by atoms with Crippen LogP contribution >= 0.6 is 11.6 Å². The quantitative estimate of drug-likeness (QED) is 0.517. The summed E-state index contributed by atoms with van der Waals surface area (Å²) in [6, 6.07) is 19.9.